The number of nitrogens with zero attached hydrogens (tertiary/aromatic N) is 4. The molecule has 2 heterocycles. The molecule has 9 nitrogen and oxygen atoms in total. The van der Waals surface area contributed by atoms with Crippen LogP contribution >= 0.6 is 0 Å². The second kappa shape index (κ2) is 12.5. The van der Waals surface area contributed by atoms with E-state index in [4.69, 9.17) is 4.74 Å². The van der Waals surface area contributed by atoms with Gasteiger partial charge in [-0.3, -0.25) is 4.90 Å². The van der Waals surface area contributed by atoms with Gasteiger partial charge >= 0.3 is 0 Å². The minimum Gasteiger partial charge on any atom is -0.379 e. The molecule has 0 radical (unpaired) electrons. The Hall–Kier alpha value is -2.57. The van der Waals surface area contributed by atoms with Crippen molar-refractivity contribution in [2.75, 3.05) is 39.4 Å². The molecule has 0 amide bonds. The minimum atomic E-state index is -3.84. The monoisotopic (exact) mass is 560 g/mol. The molecule has 0 saturated carbocycles. The molecule has 0 spiro atoms. The number of hydrogen-bond donors (Lipinski definition) is 0. The number of sulfone groups is 1. The zero-order chi connectivity index (χ0) is 27.2. The fraction of sp³-hybridized carbons (Fsp3) is 0.444. The topological polar surface area (TPSA) is 102 Å². The van der Waals surface area contributed by atoms with Crippen LogP contribution in [0, 0.1) is 5.92 Å². The molecular formula is C27H36N4O5S2. The number of rotatable bonds is 12. The largest absolute Gasteiger partial charge is 0.379 e. The van der Waals surface area contributed by atoms with E-state index in [1.54, 1.807) is 59.2 Å². The molecule has 206 valence electrons. The number of hydrogen-bond acceptors (Lipinski definition) is 7. The minimum absolute atomic E-state index is 0.0160. The quantitative estimate of drug-likeness (QED) is 0.336. The molecule has 0 aliphatic carbocycles. The maximum Gasteiger partial charge on any atom is 0.243 e. The van der Waals surface area contributed by atoms with Crippen molar-refractivity contribution in [3.8, 4) is 0 Å². The first-order valence-electron chi connectivity index (χ1n) is 12.8. The van der Waals surface area contributed by atoms with Crippen molar-refractivity contribution >= 4 is 19.9 Å². The van der Waals surface area contributed by atoms with Gasteiger partial charge in [0.2, 0.25) is 25.0 Å². The molecule has 0 atom stereocenters. The molecule has 1 aliphatic rings. The maximum absolute atomic E-state index is 13.7. The average molecular weight is 561 g/mol. The number of ether oxygens (including phenoxy) is 1. The number of imidazole rings is 1. The summed E-state index contributed by atoms with van der Waals surface area (Å²) in [7, 11) is -7.60. The van der Waals surface area contributed by atoms with Crippen LogP contribution in [-0.2, 0) is 43.4 Å². The normalized spacial score (nSPS) is 15.4. The molecule has 38 heavy (non-hydrogen) atoms. The van der Waals surface area contributed by atoms with Crippen LogP contribution in [0.2, 0.25) is 0 Å². The van der Waals surface area contributed by atoms with Gasteiger partial charge in [0.05, 0.1) is 42.3 Å². The summed E-state index contributed by atoms with van der Waals surface area (Å²) in [5.74, 6) is -0.0491. The highest BCUT2D eigenvalue weighted by Crippen LogP contribution is 2.23. The standard InChI is InChI=1S/C27H36N4O5S2/c1-23(2)20-31-25(19-28-27(31)37(32,33)22-24-9-5-3-6-10-24)21-30(14-13-29-15-17-36-18-16-29)38(34,35)26-11-7-4-8-12-26/h3-12,19,23H,13-18,20-22H2,1-2H3. The van der Waals surface area contributed by atoms with E-state index < -0.39 is 19.9 Å². The molecule has 0 unspecified atom stereocenters. The molecule has 1 saturated heterocycles. The van der Waals surface area contributed by atoms with Crippen LogP contribution in [0.1, 0.15) is 25.1 Å². The zero-order valence-electron chi connectivity index (χ0n) is 21.9. The van der Waals surface area contributed by atoms with Crippen LogP contribution in [0.25, 0.3) is 0 Å². The van der Waals surface area contributed by atoms with Gasteiger partial charge in [-0.05, 0) is 23.6 Å². The molecule has 1 aliphatic heterocycles. The Morgan fingerprint density at radius 2 is 1.58 bits per heavy atom. The number of aromatic nitrogens is 2. The predicted octanol–water partition coefficient (Wildman–Crippen LogP) is 3.04. The Morgan fingerprint density at radius 1 is 0.947 bits per heavy atom. The van der Waals surface area contributed by atoms with Crippen LogP contribution in [0.4, 0.5) is 0 Å². The van der Waals surface area contributed by atoms with E-state index in [0.29, 0.717) is 37.6 Å². The van der Waals surface area contributed by atoms with Crippen molar-refractivity contribution in [3.63, 3.8) is 0 Å². The second-order valence-corrected chi connectivity index (χ2v) is 13.7. The van der Waals surface area contributed by atoms with E-state index >= 15 is 0 Å². The fourth-order valence-electron chi connectivity index (χ4n) is 4.47. The summed E-state index contributed by atoms with van der Waals surface area (Å²) in [6, 6.07) is 17.3. The smallest absolute Gasteiger partial charge is 0.243 e. The lowest BCUT2D eigenvalue weighted by atomic mass is 10.2. The summed E-state index contributed by atoms with van der Waals surface area (Å²) in [5, 5.41) is -0.0321. The van der Waals surface area contributed by atoms with E-state index in [9.17, 15) is 16.8 Å². The van der Waals surface area contributed by atoms with E-state index in [1.165, 1.54) is 10.5 Å². The Kier molecular flexibility index (Phi) is 9.37. The van der Waals surface area contributed by atoms with Gasteiger partial charge in [0, 0.05) is 32.7 Å². The van der Waals surface area contributed by atoms with E-state index in [-0.39, 0.29) is 34.8 Å². The highest BCUT2D eigenvalue weighted by molar-refractivity contribution is 7.90. The predicted molar refractivity (Wildman–Crippen MR) is 146 cm³/mol. The van der Waals surface area contributed by atoms with Gasteiger partial charge in [0.15, 0.2) is 0 Å². The van der Waals surface area contributed by atoms with E-state index in [2.05, 4.69) is 9.88 Å². The molecule has 2 aromatic carbocycles. The van der Waals surface area contributed by atoms with Crippen LogP contribution in [0.3, 0.4) is 0 Å². The summed E-state index contributed by atoms with van der Waals surface area (Å²) in [4.78, 5) is 6.70. The third-order valence-corrected chi connectivity index (χ3v) is 9.87. The third kappa shape index (κ3) is 7.09. The van der Waals surface area contributed by atoms with Crippen LogP contribution in [0.5, 0.6) is 0 Å². The molecule has 1 fully saturated rings. The van der Waals surface area contributed by atoms with Crippen molar-refractivity contribution in [1.29, 1.82) is 0 Å². The second-order valence-electron chi connectivity index (χ2n) is 9.89. The Bertz CT molecular complexity index is 1390. The molecule has 1 aromatic heterocycles. The molecular weight excluding hydrogens is 524 g/mol. The van der Waals surface area contributed by atoms with Crippen molar-refractivity contribution < 1.29 is 21.6 Å². The van der Waals surface area contributed by atoms with Gasteiger partial charge in [-0.2, -0.15) is 4.31 Å². The van der Waals surface area contributed by atoms with Gasteiger partial charge in [-0.1, -0.05) is 62.4 Å². The summed E-state index contributed by atoms with van der Waals surface area (Å²) in [6.45, 7) is 7.94. The molecule has 3 aromatic rings. The Labute approximate surface area is 226 Å². The van der Waals surface area contributed by atoms with E-state index in [0.717, 1.165) is 13.1 Å². The number of benzene rings is 2. The van der Waals surface area contributed by atoms with E-state index in [1.807, 2.05) is 19.9 Å². The first kappa shape index (κ1) is 28.4. The lowest BCUT2D eigenvalue weighted by Crippen LogP contribution is -2.43. The Morgan fingerprint density at radius 3 is 2.21 bits per heavy atom. The maximum atomic E-state index is 13.7. The third-order valence-electron chi connectivity index (χ3n) is 6.42. The highest BCUT2D eigenvalue weighted by atomic mass is 32.2. The van der Waals surface area contributed by atoms with Crippen LogP contribution in [0.15, 0.2) is 76.9 Å². The summed E-state index contributed by atoms with van der Waals surface area (Å²) in [6.07, 6.45) is 1.50. The zero-order valence-corrected chi connectivity index (χ0v) is 23.6. The average Bonchev–Trinajstić information content (AvgIpc) is 3.30. The number of morpholine rings is 1. The van der Waals surface area contributed by atoms with Gasteiger partial charge in [0.1, 0.15) is 0 Å². The fourth-order valence-corrected chi connectivity index (χ4v) is 7.39. The SMILES string of the molecule is CC(C)Cn1c(CN(CCN2CCOCC2)S(=O)(=O)c2ccccc2)cnc1S(=O)(=O)Cc1ccccc1. The highest BCUT2D eigenvalue weighted by Gasteiger charge is 2.29. The number of sulfonamides is 1. The Balaban J connectivity index is 1.66. The van der Waals surface area contributed by atoms with Gasteiger partial charge in [-0.15, -0.1) is 0 Å². The summed E-state index contributed by atoms with van der Waals surface area (Å²) in [5.41, 5.74) is 1.22. The van der Waals surface area contributed by atoms with Crippen molar-refractivity contribution in [3.05, 3.63) is 78.1 Å². The summed E-state index contributed by atoms with van der Waals surface area (Å²) >= 11 is 0. The van der Waals surface area contributed by atoms with Gasteiger partial charge in [0.25, 0.3) is 0 Å². The first-order chi connectivity index (χ1) is 18.2. The molecule has 4 rings (SSSR count). The molecule has 0 N–H and O–H groups in total. The van der Waals surface area contributed by atoms with Crippen LogP contribution < -0.4 is 0 Å². The molecule has 0 bridgehead atoms. The molecule has 11 heteroatoms. The summed E-state index contributed by atoms with van der Waals surface area (Å²) < 4.78 is 62.8. The van der Waals surface area contributed by atoms with Crippen LogP contribution in [-0.4, -0.2) is 75.0 Å². The lowest BCUT2D eigenvalue weighted by molar-refractivity contribution is 0.0361. The van der Waals surface area contributed by atoms with Gasteiger partial charge in [-0.25, -0.2) is 21.8 Å². The lowest BCUT2D eigenvalue weighted by Gasteiger charge is -2.30. The van der Waals surface area contributed by atoms with Crippen molar-refractivity contribution in [2.24, 2.45) is 5.92 Å². The first-order valence-corrected chi connectivity index (χ1v) is 15.9. The van der Waals surface area contributed by atoms with Gasteiger partial charge < -0.3 is 9.30 Å². The van der Waals surface area contributed by atoms with Crippen molar-refractivity contribution in [1.82, 2.24) is 18.8 Å². The van der Waals surface area contributed by atoms with Crippen molar-refractivity contribution in [2.45, 2.75) is 42.7 Å².